The van der Waals surface area contributed by atoms with Crippen LogP contribution in [-0.2, 0) is 20.8 Å². The number of furan rings is 1. The predicted molar refractivity (Wildman–Crippen MR) is 122 cm³/mol. The van der Waals surface area contributed by atoms with Gasteiger partial charge in [0.05, 0.1) is 31.6 Å². The smallest absolute Gasteiger partial charge is 0.267 e. The molecule has 3 aromatic heterocycles. The molecule has 2 fully saturated rings. The first-order valence-electron chi connectivity index (χ1n) is 11.1. The normalized spacial score (nSPS) is 17.7. The Hall–Kier alpha value is -3.94. The lowest BCUT2D eigenvalue weighted by Gasteiger charge is -2.38. The fourth-order valence-corrected chi connectivity index (χ4v) is 4.27. The molecule has 5 heterocycles. The number of pyridine rings is 1. The lowest BCUT2D eigenvalue weighted by molar-refractivity contribution is -0.169. The van der Waals surface area contributed by atoms with Crippen molar-refractivity contribution < 1.29 is 18.7 Å². The maximum absolute atomic E-state index is 13.4. The number of fused-ring (bicyclic) bond motifs is 1. The van der Waals surface area contributed by atoms with Gasteiger partial charge in [0.1, 0.15) is 28.9 Å². The van der Waals surface area contributed by atoms with E-state index >= 15 is 0 Å². The number of nitriles is 1. The van der Waals surface area contributed by atoms with Crippen LogP contribution in [0, 0.1) is 11.3 Å². The van der Waals surface area contributed by atoms with Gasteiger partial charge in [-0.1, -0.05) is 6.07 Å². The number of rotatable bonds is 5. The van der Waals surface area contributed by atoms with Crippen molar-refractivity contribution in [1.29, 1.82) is 5.26 Å². The molecular weight excluding hydrogens is 438 g/mol. The zero-order valence-corrected chi connectivity index (χ0v) is 18.4. The van der Waals surface area contributed by atoms with Gasteiger partial charge in [0.2, 0.25) is 0 Å². The predicted octanol–water partition coefficient (Wildman–Crippen LogP) is 1.85. The van der Waals surface area contributed by atoms with Gasteiger partial charge in [-0.3, -0.25) is 14.0 Å². The molecule has 1 N–H and O–H groups in total. The summed E-state index contributed by atoms with van der Waals surface area (Å²) >= 11 is 0. The number of carbonyl (C=O) groups excluding carboxylic acids is 1. The van der Waals surface area contributed by atoms with E-state index in [1.807, 2.05) is 11.0 Å². The zero-order chi connectivity index (χ0) is 23.5. The number of anilines is 1. The van der Waals surface area contributed by atoms with Crippen LogP contribution in [0.25, 0.3) is 11.7 Å². The van der Waals surface area contributed by atoms with Crippen molar-refractivity contribution in [2.24, 2.45) is 0 Å². The minimum atomic E-state index is -0.604. The Morgan fingerprint density at radius 2 is 2.00 bits per heavy atom. The molecule has 0 saturated carbocycles. The molecule has 0 unspecified atom stereocenters. The Morgan fingerprint density at radius 1 is 1.21 bits per heavy atom. The van der Waals surface area contributed by atoms with Crippen molar-refractivity contribution in [1.82, 2.24) is 14.7 Å². The van der Waals surface area contributed by atoms with Crippen molar-refractivity contribution in [3.8, 4) is 6.07 Å². The Morgan fingerprint density at radius 3 is 2.71 bits per heavy atom. The zero-order valence-electron chi connectivity index (χ0n) is 18.4. The van der Waals surface area contributed by atoms with E-state index in [0.29, 0.717) is 56.4 Å². The molecule has 34 heavy (non-hydrogen) atoms. The molecule has 0 radical (unpaired) electrons. The second-order valence-corrected chi connectivity index (χ2v) is 8.11. The second kappa shape index (κ2) is 9.13. The van der Waals surface area contributed by atoms with Crippen LogP contribution in [0.1, 0.15) is 24.2 Å². The van der Waals surface area contributed by atoms with Gasteiger partial charge in [0.15, 0.2) is 5.79 Å². The van der Waals surface area contributed by atoms with Crippen molar-refractivity contribution >= 4 is 23.4 Å². The monoisotopic (exact) mass is 461 g/mol. The molecule has 1 amide bonds. The van der Waals surface area contributed by atoms with Crippen LogP contribution in [0.5, 0.6) is 0 Å². The molecule has 10 nitrogen and oxygen atoms in total. The molecule has 0 aliphatic carbocycles. The summed E-state index contributed by atoms with van der Waals surface area (Å²) in [6.07, 6.45) is 5.68. The molecule has 3 aromatic rings. The van der Waals surface area contributed by atoms with Gasteiger partial charge in [-0.05, 0) is 30.3 Å². The van der Waals surface area contributed by atoms with Gasteiger partial charge in [-0.2, -0.15) is 5.26 Å². The van der Waals surface area contributed by atoms with E-state index in [-0.39, 0.29) is 23.2 Å². The molecule has 0 aromatic carbocycles. The minimum Gasteiger partial charge on any atom is -0.467 e. The second-order valence-electron chi connectivity index (χ2n) is 8.11. The number of hydrogen-bond donors (Lipinski definition) is 1. The average Bonchev–Trinajstić information content (AvgIpc) is 3.55. The van der Waals surface area contributed by atoms with Gasteiger partial charge in [-0.25, -0.2) is 4.98 Å². The van der Waals surface area contributed by atoms with E-state index in [1.54, 1.807) is 36.5 Å². The summed E-state index contributed by atoms with van der Waals surface area (Å²) in [6, 6.07) is 10.6. The number of carbonyl (C=O) groups is 1. The molecule has 0 bridgehead atoms. The van der Waals surface area contributed by atoms with Gasteiger partial charge in [0.25, 0.3) is 11.5 Å². The molecule has 10 heteroatoms. The summed E-state index contributed by atoms with van der Waals surface area (Å²) in [4.78, 5) is 32.8. The Labute approximate surface area is 195 Å². The highest BCUT2D eigenvalue weighted by Crippen LogP contribution is 2.33. The van der Waals surface area contributed by atoms with Crippen LogP contribution in [0.4, 0.5) is 5.82 Å². The fourth-order valence-electron chi connectivity index (χ4n) is 4.27. The highest BCUT2D eigenvalue weighted by Gasteiger charge is 2.40. The van der Waals surface area contributed by atoms with Gasteiger partial charge >= 0.3 is 0 Å². The van der Waals surface area contributed by atoms with Crippen LogP contribution in [-0.4, -0.2) is 47.4 Å². The van der Waals surface area contributed by atoms with E-state index in [9.17, 15) is 14.9 Å². The van der Waals surface area contributed by atoms with Crippen LogP contribution >= 0.6 is 0 Å². The Balaban J connectivity index is 1.49. The molecule has 2 aliphatic rings. The molecule has 0 atom stereocenters. The summed E-state index contributed by atoms with van der Waals surface area (Å²) in [5.41, 5.74) is 0.103. The van der Waals surface area contributed by atoms with Crippen LogP contribution in [0.2, 0.25) is 0 Å². The van der Waals surface area contributed by atoms with E-state index in [0.717, 1.165) is 0 Å². The summed E-state index contributed by atoms with van der Waals surface area (Å²) < 4.78 is 18.2. The quantitative estimate of drug-likeness (QED) is 0.451. The summed E-state index contributed by atoms with van der Waals surface area (Å²) in [5, 5.41) is 12.3. The molecule has 2 saturated heterocycles. The first-order valence-corrected chi connectivity index (χ1v) is 11.1. The van der Waals surface area contributed by atoms with Crippen molar-refractivity contribution in [2.75, 3.05) is 31.2 Å². The van der Waals surface area contributed by atoms with E-state index in [2.05, 4.69) is 5.32 Å². The van der Waals surface area contributed by atoms with Crippen molar-refractivity contribution in [3.05, 3.63) is 70.0 Å². The van der Waals surface area contributed by atoms with Gasteiger partial charge < -0.3 is 24.1 Å². The molecule has 2 aliphatic heterocycles. The fraction of sp³-hybridized carbons (Fsp3) is 0.333. The first kappa shape index (κ1) is 21.9. The number of amides is 1. The number of aromatic nitrogens is 2. The topological polar surface area (TPSA) is 122 Å². The van der Waals surface area contributed by atoms with E-state index in [1.165, 1.54) is 16.7 Å². The Kier molecular flexibility index (Phi) is 5.88. The summed E-state index contributed by atoms with van der Waals surface area (Å²) in [5.74, 6) is -0.206. The number of nitrogens with zero attached hydrogens (tertiary/aromatic N) is 4. The van der Waals surface area contributed by atoms with Crippen LogP contribution in [0.15, 0.2) is 57.6 Å². The lowest BCUT2D eigenvalue weighted by Crippen LogP contribution is -2.46. The number of nitrogens with one attached hydrogen (secondary N) is 1. The van der Waals surface area contributed by atoms with E-state index < -0.39 is 11.7 Å². The maximum Gasteiger partial charge on any atom is 0.267 e. The third kappa shape index (κ3) is 4.19. The number of hydrogen-bond acceptors (Lipinski definition) is 8. The van der Waals surface area contributed by atoms with Crippen LogP contribution in [0.3, 0.4) is 0 Å². The van der Waals surface area contributed by atoms with Crippen molar-refractivity contribution in [2.45, 2.75) is 25.2 Å². The highest BCUT2D eigenvalue weighted by atomic mass is 16.7. The lowest BCUT2D eigenvalue weighted by atomic mass is 10.0. The summed E-state index contributed by atoms with van der Waals surface area (Å²) in [7, 11) is 0. The third-order valence-electron chi connectivity index (χ3n) is 6.04. The van der Waals surface area contributed by atoms with Crippen molar-refractivity contribution in [3.63, 3.8) is 0 Å². The van der Waals surface area contributed by atoms with E-state index in [4.69, 9.17) is 18.9 Å². The number of ether oxygens (including phenoxy) is 2. The number of piperidine rings is 1. The third-order valence-corrected chi connectivity index (χ3v) is 6.04. The van der Waals surface area contributed by atoms with Crippen LogP contribution < -0.4 is 15.8 Å². The minimum absolute atomic E-state index is 0.126. The maximum atomic E-state index is 13.4. The molecule has 1 spiro atoms. The van der Waals surface area contributed by atoms with Gasteiger partial charge in [0, 0.05) is 32.1 Å². The average molecular weight is 461 g/mol. The van der Waals surface area contributed by atoms with Gasteiger partial charge in [-0.15, -0.1) is 0 Å². The summed E-state index contributed by atoms with van der Waals surface area (Å²) in [6.45, 7) is 2.39. The molecule has 5 rings (SSSR count). The standard InChI is InChI=1S/C24H23N5O5/c25-15-17(22(30)26-16-18-4-3-11-32-18)14-19-21(27-20-5-1-2-8-29(20)23(19)31)28-9-6-24(7-10-28)33-12-13-34-24/h1-5,8,11,14H,6-7,9-10,12-13,16H2,(H,26,30)/b17-14-. The first-order chi connectivity index (χ1) is 16.6. The molecule has 174 valence electrons. The Bertz CT molecular complexity index is 1320. The SMILES string of the molecule is N#C/C(=C/c1c(N2CCC3(CC2)OCCO3)nc2ccccn2c1=O)C(=O)NCc1ccco1. The molecular formula is C24H23N5O5. The largest absolute Gasteiger partial charge is 0.467 e. The highest BCUT2D eigenvalue weighted by molar-refractivity contribution is 6.02.